The Labute approximate surface area is 379 Å². The highest BCUT2D eigenvalue weighted by atomic mass is 32.2. The molecule has 1 atom stereocenters. The van der Waals surface area contributed by atoms with Crippen LogP contribution >= 0.6 is 0 Å². The number of nitrogens with two attached hydrogens (primary N) is 1. The number of carbonyl (C=O) groups excluding carboxylic acids is 1. The number of aliphatic hydroxyl groups is 1. The van der Waals surface area contributed by atoms with E-state index in [0.717, 1.165) is 56.0 Å². The monoisotopic (exact) mass is 945 g/mol. The van der Waals surface area contributed by atoms with Crippen LogP contribution in [0, 0.1) is 11.3 Å². The van der Waals surface area contributed by atoms with Gasteiger partial charge in [-0.2, -0.15) is 18.4 Å². The number of halogens is 3. The highest BCUT2D eigenvalue weighted by Crippen LogP contribution is 2.34. The van der Waals surface area contributed by atoms with Crippen molar-refractivity contribution in [2.45, 2.75) is 73.4 Å². The molecule has 1 amide bonds. The molecule has 5 N–H and O–H groups in total. The van der Waals surface area contributed by atoms with E-state index >= 15 is 0 Å². The summed E-state index contributed by atoms with van der Waals surface area (Å²) in [7, 11) is -7.65. The van der Waals surface area contributed by atoms with Gasteiger partial charge >= 0.3 is 6.18 Å². The quantitative estimate of drug-likeness (QED) is 0.0571. The summed E-state index contributed by atoms with van der Waals surface area (Å²) in [4.78, 5) is 21.7. The Balaban J connectivity index is 0.908. The maximum Gasteiger partial charge on any atom is 0.417 e. The maximum atomic E-state index is 13.3. The number of benzene rings is 4. The van der Waals surface area contributed by atoms with Gasteiger partial charge in [-0.3, -0.25) is 4.79 Å². The topological polar surface area (TPSA) is 240 Å². The molecular weight excluding hydrogens is 900 g/mol. The first-order valence-corrected chi connectivity index (χ1v) is 23.7. The average molecular weight is 946 g/mol. The fourth-order valence-electron chi connectivity index (χ4n) is 6.56. The lowest BCUT2D eigenvalue weighted by Gasteiger charge is -2.22. The fourth-order valence-corrected chi connectivity index (χ4v) is 9.20. The van der Waals surface area contributed by atoms with Crippen LogP contribution in [0.3, 0.4) is 0 Å². The molecule has 0 saturated carbocycles. The molecule has 6 rings (SSSR count). The Morgan fingerprint density at radius 3 is 2.20 bits per heavy atom. The molecule has 0 saturated heterocycles. The van der Waals surface area contributed by atoms with E-state index < -0.39 is 59.5 Å². The van der Waals surface area contributed by atoms with E-state index in [2.05, 4.69) is 25.8 Å². The molecule has 0 aliphatic rings. The van der Waals surface area contributed by atoms with E-state index in [1.54, 1.807) is 44.2 Å². The van der Waals surface area contributed by atoms with Gasteiger partial charge < -0.3 is 30.7 Å². The molecule has 1 unspecified atom stereocenters. The number of hydrogen-bond acceptors (Lipinski definition) is 14. The van der Waals surface area contributed by atoms with Gasteiger partial charge in [0, 0.05) is 29.4 Å². The average Bonchev–Trinajstić information content (AvgIpc) is 3.77. The van der Waals surface area contributed by atoms with E-state index in [4.69, 9.17) is 20.3 Å². The summed E-state index contributed by atoms with van der Waals surface area (Å²) in [5, 5.41) is 28.9. The number of nitrogens with one attached hydrogen (secondary N) is 2. The zero-order chi connectivity index (χ0) is 47.9. The zero-order valence-electron chi connectivity index (χ0n) is 36.0. The predicted octanol–water partition coefficient (Wildman–Crippen LogP) is 7.62. The van der Waals surface area contributed by atoms with Gasteiger partial charge in [-0.1, -0.05) is 41.6 Å². The second-order valence-electron chi connectivity index (χ2n) is 15.8. The molecule has 0 aliphatic carbocycles. The molecular formula is C46H46F3N7O8S2. The number of nitrogens with zero attached hydrogens (tertiary/aromatic N) is 4. The number of alkyl halides is 3. The van der Waals surface area contributed by atoms with E-state index in [-0.39, 0.29) is 21.3 Å². The Bertz CT molecular complexity index is 2940. The standard InChI is InChI=1S/C46H46F3N7O8S2/c1-29(2)66(61,62)37-17-12-32(13-18-37)40-27-53-43(51)42(55-40)41-24-39(56-64-41)31-9-7-30(8-10-31)26-52-21-5-4-6-22-63-35-15-19-36(20-16-35)65(59,60)28-45(3,58)44(57)54-34-14-11-33(25-50)38(23-34)46(47,48)49/h7-20,23-24,27,29,52,58H,4-6,21-22,26,28H2,1-3H3,(H2,51,53)(H,54,57). The second-order valence-corrected chi connectivity index (χ2v) is 20.3. The predicted molar refractivity (Wildman–Crippen MR) is 240 cm³/mol. The van der Waals surface area contributed by atoms with Gasteiger partial charge in [0.2, 0.25) is 0 Å². The number of aromatic nitrogens is 3. The summed E-state index contributed by atoms with van der Waals surface area (Å²) >= 11 is 0. The van der Waals surface area contributed by atoms with Crippen molar-refractivity contribution >= 4 is 37.1 Å². The molecule has 2 aromatic heterocycles. The van der Waals surface area contributed by atoms with E-state index in [0.29, 0.717) is 53.4 Å². The minimum absolute atomic E-state index is 0.150. The van der Waals surface area contributed by atoms with E-state index in [1.807, 2.05) is 24.3 Å². The van der Waals surface area contributed by atoms with Crippen molar-refractivity contribution in [1.29, 1.82) is 5.26 Å². The fraction of sp³-hybridized carbons (Fsp3) is 0.283. The van der Waals surface area contributed by atoms with Crippen LogP contribution < -0.4 is 21.1 Å². The summed E-state index contributed by atoms with van der Waals surface area (Å²) < 4.78 is 103. The van der Waals surface area contributed by atoms with Crippen LogP contribution in [-0.4, -0.2) is 72.7 Å². The molecule has 0 bridgehead atoms. The van der Waals surface area contributed by atoms with Crippen molar-refractivity contribution in [2.75, 3.05) is 30.0 Å². The highest BCUT2D eigenvalue weighted by molar-refractivity contribution is 7.92. The SMILES string of the molecule is CC(C)S(=O)(=O)c1ccc(-c2cnc(N)c(-c3cc(-c4ccc(CNCCCCCOc5ccc(S(=O)(=O)CC(C)(O)C(=O)Nc6ccc(C#N)c(C(F)(F)F)c6)cc5)cc4)no3)n2)cc1. The molecule has 0 radical (unpaired) electrons. The smallest absolute Gasteiger partial charge is 0.417 e. The van der Waals surface area contributed by atoms with Crippen molar-refractivity contribution in [3.05, 3.63) is 120 Å². The number of unbranched alkanes of at least 4 members (excludes halogenated alkanes) is 2. The van der Waals surface area contributed by atoms with Crippen molar-refractivity contribution in [1.82, 2.24) is 20.4 Å². The highest BCUT2D eigenvalue weighted by Gasteiger charge is 2.38. The summed E-state index contributed by atoms with van der Waals surface area (Å²) in [5.41, 5.74) is 5.21. The van der Waals surface area contributed by atoms with Gasteiger partial charge in [0.25, 0.3) is 5.91 Å². The number of rotatable bonds is 19. The van der Waals surface area contributed by atoms with Crippen LogP contribution in [0.15, 0.2) is 118 Å². The van der Waals surface area contributed by atoms with Crippen LogP contribution in [0.2, 0.25) is 0 Å². The third kappa shape index (κ3) is 12.0. The largest absolute Gasteiger partial charge is 0.494 e. The summed E-state index contributed by atoms with van der Waals surface area (Å²) in [6, 6.07) is 25.3. The Hall–Kier alpha value is -6.66. The van der Waals surface area contributed by atoms with Crippen LogP contribution in [0.5, 0.6) is 5.75 Å². The number of carbonyl (C=O) groups is 1. The van der Waals surface area contributed by atoms with E-state index in [9.17, 15) is 39.9 Å². The van der Waals surface area contributed by atoms with Crippen molar-refractivity contribution in [3.63, 3.8) is 0 Å². The number of hydrogen-bond donors (Lipinski definition) is 4. The minimum Gasteiger partial charge on any atom is -0.494 e. The molecule has 2 heterocycles. The van der Waals surface area contributed by atoms with Crippen LogP contribution in [0.25, 0.3) is 34.0 Å². The lowest BCUT2D eigenvalue weighted by Crippen LogP contribution is -2.45. The Morgan fingerprint density at radius 1 is 0.894 bits per heavy atom. The summed E-state index contributed by atoms with van der Waals surface area (Å²) in [6.07, 6.45) is -0.906. The lowest BCUT2D eigenvalue weighted by molar-refractivity contribution is -0.137. The molecule has 66 heavy (non-hydrogen) atoms. The molecule has 4 aromatic carbocycles. The van der Waals surface area contributed by atoms with Crippen LogP contribution in [0.4, 0.5) is 24.7 Å². The number of amides is 1. The third-order valence-corrected chi connectivity index (χ3v) is 14.4. The molecule has 20 heteroatoms. The van der Waals surface area contributed by atoms with Crippen LogP contribution in [-0.2, 0) is 37.2 Å². The second kappa shape index (κ2) is 20.2. The molecule has 0 fully saturated rings. The number of nitriles is 1. The van der Waals surface area contributed by atoms with Gasteiger partial charge in [0.05, 0.1) is 56.5 Å². The van der Waals surface area contributed by atoms with Gasteiger partial charge in [-0.25, -0.2) is 26.8 Å². The van der Waals surface area contributed by atoms with Gasteiger partial charge in [-0.15, -0.1) is 0 Å². The summed E-state index contributed by atoms with van der Waals surface area (Å²) in [5.74, 6) is -1.42. The number of sulfone groups is 2. The van der Waals surface area contributed by atoms with Crippen LogP contribution in [0.1, 0.15) is 56.7 Å². The summed E-state index contributed by atoms with van der Waals surface area (Å²) in [6.45, 7) is 5.97. The van der Waals surface area contributed by atoms with E-state index in [1.165, 1.54) is 36.5 Å². The zero-order valence-corrected chi connectivity index (χ0v) is 37.6. The van der Waals surface area contributed by atoms with Gasteiger partial charge in [0.15, 0.2) is 42.5 Å². The first-order chi connectivity index (χ1) is 31.2. The van der Waals surface area contributed by atoms with Crippen molar-refractivity contribution < 1.29 is 49.2 Å². The molecule has 6 aromatic rings. The number of anilines is 2. The lowest BCUT2D eigenvalue weighted by atomic mass is 10.1. The molecule has 15 nitrogen and oxygen atoms in total. The van der Waals surface area contributed by atoms with Crippen molar-refractivity contribution in [3.8, 4) is 45.8 Å². The number of ether oxygens (including phenoxy) is 1. The molecule has 346 valence electrons. The Morgan fingerprint density at radius 2 is 1.55 bits per heavy atom. The maximum absolute atomic E-state index is 13.3. The van der Waals surface area contributed by atoms with Crippen molar-refractivity contribution in [2.24, 2.45) is 0 Å². The Kier molecular flexibility index (Phi) is 15.0. The first kappa shape index (κ1) is 48.8. The van der Waals surface area contributed by atoms with Gasteiger partial charge in [-0.05, 0) is 107 Å². The normalized spacial score (nSPS) is 13.0. The molecule has 0 spiro atoms. The number of nitrogen functional groups attached to an aromatic ring is 1. The van der Waals surface area contributed by atoms with Gasteiger partial charge in [0.1, 0.15) is 11.4 Å². The minimum atomic E-state index is -4.88. The third-order valence-electron chi connectivity index (χ3n) is 10.3. The molecule has 0 aliphatic heterocycles. The first-order valence-electron chi connectivity index (χ1n) is 20.5.